The molecular weight excluding hydrogens is 498 g/mol. The van der Waals surface area contributed by atoms with E-state index in [1.807, 2.05) is 0 Å². The third-order valence-electron chi connectivity index (χ3n) is 4.12. The minimum Gasteiger partial charge on any atom is -0.495 e. The maximum atomic E-state index is 13.0. The van der Waals surface area contributed by atoms with E-state index in [0.717, 1.165) is 39.7 Å². The summed E-state index contributed by atoms with van der Waals surface area (Å²) in [6.07, 6.45) is 0.918. The van der Waals surface area contributed by atoms with Gasteiger partial charge >= 0.3 is 5.97 Å². The van der Waals surface area contributed by atoms with Crippen molar-refractivity contribution in [3.8, 4) is 5.75 Å². The smallest absolute Gasteiger partial charge is 0.316 e. The van der Waals surface area contributed by atoms with Gasteiger partial charge in [0.1, 0.15) is 17.5 Å². The Morgan fingerprint density at radius 1 is 1.33 bits per heavy atom. The first-order valence-electron chi connectivity index (χ1n) is 9.17. The van der Waals surface area contributed by atoms with E-state index in [-0.39, 0.29) is 34.4 Å². The van der Waals surface area contributed by atoms with E-state index in [1.54, 1.807) is 6.92 Å². The molecule has 0 aliphatic rings. The highest BCUT2D eigenvalue weighted by Crippen LogP contribution is 2.36. The van der Waals surface area contributed by atoms with Crippen LogP contribution in [0, 0.1) is 10.1 Å². The van der Waals surface area contributed by atoms with Crippen LogP contribution >= 0.6 is 23.1 Å². The fraction of sp³-hybridized carbons (Fsp3) is 0.412. The first kappa shape index (κ1) is 26.3. The summed E-state index contributed by atoms with van der Waals surface area (Å²) in [7, 11) is -1.54. The largest absolute Gasteiger partial charge is 0.495 e. The Bertz CT molecular complexity index is 1140. The number of benzene rings is 1. The number of amides is 1. The number of carbonyl (C=O) groups excluding carboxylic acids is 2. The normalized spacial score (nSPS) is 12.0. The standard InChI is InChI=1S/C17H21N5O8S3/c1-5-11(15(24)18-16-19-20-17(32-16)31-9-14(23)30-3)21(33(4,27)28)12-8-10(22(25)26)6-7-13(12)29-2/h6-8,11H,5,9H2,1-4H3,(H,18,19,24)/t11-/m1/s1. The zero-order valence-corrected chi connectivity index (χ0v) is 20.5. The maximum Gasteiger partial charge on any atom is 0.316 e. The zero-order valence-electron chi connectivity index (χ0n) is 18.0. The lowest BCUT2D eigenvalue weighted by molar-refractivity contribution is -0.384. The predicted octanol–water partition coefficient (Wildman–Crippen LogP) is 1.90. The van der Waals surface area contributed by atoms with Crippen LogP contribution in [0.25, 0.3) is 0 Å². The molecule has 0 bridgehead atoms. The number of hydrogen-bond acceptors (Lipinski definition) is 12. The van der Waals surface area contributed by atoms with Gasteiger partial charge in [0.15, 0.2) is 4.34 Å². The molecule has 33 heavy (non-hydrogen) atoms. The van der Waals surface area contributed by atoms with E-state index in [9.17, 15) is 28.1 Å². The summed E-state index contributed by atoms with van der Waals surface area (Å²) in [5, 5.41) is 21.5. The number of nitrogens with zero attached hydrogens (tertiary/aromatic N) is 4. The van der Waals surface area contributed by atoms with Gasteiger partial charge in [0.2, 0.25) is 21.1 Å². The second-order valence-corrected chi connectivity index (χ2v) is 10.4. The minimum atomic E-state index is -4.08. The Labute approximate surface area is 197 Å². The fourth-order valence-corrected chi connectivity index (χ4v) is 5.48. The summed E-state index contributed by atoms with van der Waals surface area (Å²) >= 11 is 2.05. The topological polar surface area (TPSA) is 171 Å². The summed E-state index contributed by atoms with van der Waals surface area (Å²) in [6.45, 7) is 1.59. The lowest BCUT2D eigenvalue weighted by Crippen LogP contribution is -2.47. The molecule has 180 valence electrons. The molecule has 1 N–H and O–H groups in total. The summed E-state index contributed by atoms with van der Waals surface area (Å²) in [5.41, 5.74) is -0.520. The third-order valence-corrected chi connectivity index (χ3v) is 7.23. The fourth-order valence-electron chi connectivity index (χ4n) is 2.69. The van der Waals surface area contributed by atoms with Gasteiger partial charge in [-0.15, -0.1) is 10.2 Å². The number of hydrogen-bond donors (Lipinski definition) is 1. The van der Waals surface area contributed by atoms with Gasteiger partial charge < -0.3 is 9.47 Å². The summed E-state index contributed by atoms with van der Waals surface area (Å²) in [6, 6.07) is 2.18. The Hall–Kier alpha value is -2.98. The van der Waals surface area contributed by atoms with Crippen molar-refractivity contribution in [2.24, 2.45) is 0 Å². The van der Waals surface area contributed by atoms with Gasteiger partial charge in [0.05, 0.1) is 31.2 Å². The SMILES string of the molecule is CC[C@H](C(=O)Nc1nnc(SCC(=O)OC)s1)N(c1cc([N+](=O)[O-])ccc1OC)S(C)(=O)=O. The maximum absolute atomic E-state index is 13.0. The molecule has 1 aromatic heterocycles. The number of thioether (sulfide) groups is 1. The Kier molecular flexibility index (Phi) is 8.95. The third kappa shape index (κ3) is 6.75. The van der Waals surface area contributed by atoms with E-state index in [1.165, 1.54) is 26.4 Å². The lowest BCUT2D eigenvalue weighted by Gasteiger charge is -2.30. The molecule has 0 saturated carbocycles. The van der Waals surface area contributed by atoms with E-state index < -0.39 is 32.9 Å². The van der Waals surface area contributed by atoms with Crippen molar-refractivity contribution in [3.05, 3.63) is 28.3 Å². The summed E-state index contributed by atoms with van der Waals surface area (Å²) in [5.74, 6) is -1.14. The summed E-state index contributed by atoms with van der Waals surface area (Å²) < 4.78 is 36.2. The van der Waals surface area contributed by atoms with Crippen LogP contribution < -0.4 is 14.4 Å². The van der Waals surface area contributed by atoms with Crippen LogP contribution in [0.15, 0.2) is 22.5 Å². The van der Waals surface area contributed by atoms with Crippen molar-refractivity contribution in [2.75, 3.05) is 35.9 Å². The van der Waals surface area contributed by atoms with Gasteiger partial charge in [-0.3, -0.25) is 29.3 Å². The number of sulfonamides is 1. The molecule has 13 nitrogen and oxygen atoms in total. The molecule has 1 amide bonds. The molecule has 0 aliphatic carbocycles. The highest BCUT2D eigenvalue weighted by Gasteiger charge is 2.35. The first-order chi connectivity index (χ1) is 15.5. The van der Waals surface area contributed by atoms with Gasteiger partial charge in [-0.25, -0.2) is 8.42 Å². The van der Waals surface area contributed by atoms with E-state index in [0.29, 0.717) is 4.34 Å². The highest BCUT2D eigenvalue weighted by molar-refractivity contribution is 8.01. The Morgan fingerprint density at radius 3 is 2.58 bits per heavy atom. The van der Waals surface area contributed by atoms with Crippen LogP contribution in [0.3, 0.4) is 0 Å². The van der Waals surface area contributed by atoms with Crippen molar-refractivity contribution in [1.82, 2.24) is 10.2 Å². The lowest BCUT2D eigenvalue weighted by atomic mass is 10.1. The number of nitro groups is 1. The molecule has 0 spiro atoms. The van der Waals surface area contributed by atoms with Crippen molar-refractivity contribution in [2.45, 2.75) is 23.7 Å². The van der Waals surface area contributed by atoms with Gasteiger partial charge in [-0.2, -0.15) is 0 Å². The van der Waals surface area contributed by atoms with Crippen molar-refractivity contribution >= 4 is 61.5 Å². The molecule has 2 aromatic rings. The number of nitrogens with one attached hydrogen (secondary N) is 1. The molecule has 16 heteroatoms. The van der Waals surface area contributed by atoms with Crippen LogP contribution in [0.5, 0.6) is 5.75 Å². The molecule has 1 atom stereocenters. The van der Waals surface area contributed by atoms with Gasteiger partial charge in [0, 0.05) is 12.1 Å². The zero-order chi connectivity index (χ0) is 24.8. The average molecular weight is 520 g/mol. The molecule has 2 rings (SSSR count). The summed E-state index contributed by atoms with van der Waals surface area (Å²) in [4.78, 5) is 34.8. The van der Waals surface area contributed by atoms with Gasteiger partial charge in [0.25, 0.3) is 5.69 Å². The number of ether oxygens (including phenoxy) is 2. The molecule has 0 saturated heterocycles. The second kappa shape index (κ2) is 11.2. The van der Waals surface area contributed by atoms with Crippen LogP contribution in [0.1, 0.15) is 13.3 Å². The number of rotatable bonds is 11. The van der Waals surface area contributed by atoms with E-state index in [2.05, 4.69) is 20.3 Å². The quantitative estimate of drug-likeness (QED) is 0.151. The molecular formula is C17H21N5O8S3. The molecule has 1 aromatic carbocycles. The molecule has 1 heterocycles. The second-order valence-electron chi connectivity index (χ2n) is 6.32. The minimum absolute atomic E-state index is 0.00506. The van der Waals surface area contributed by atoms with Crippen molar-refractivity contribution in [1.29, 1.82) is 0 Å². The molecule has 0 radical (unpaired) electrons. The first-order valence-corrected chi connectivity index (χ1v) is 12.8. The van der Waals surface area contributed by atoms with Crippen molar-refractivity contribution in [3.63, 3.8) is 0 Å². The van der Waals surface area contributed by atoms with Crippen LogP contribution in [-0.2, 0) is 24.3 Å². The van der Waals surface area contributed by atoms with Crippen LogP contribution in [0.2, 0.25) is 0 Å². The number of carbonyl (C=O) groups is 2. The van der Waals surface area contributed by atoms with E-state index in [4.69, 9.17) is 4.74 Å². The van der Waals surface area contributed by atoms with Crippen LogP contribution in [-0.4, -0.2) is 67.7 Å². The Balaban J connectivity index is 2.36. The number of non-ortho nitro benzene ring substituents is 1. The number of aromatic nitrogens is 2. The number of anilines is 2. The highest BCUT2D eigenvalue weighted by atomic mass is 32.2. The number of methoxy groups -OCH3 is 2. The monoisotopic (exact) mass is 519 g/mol. The molecule has 0 fully saturated rings. The predicted molar refractivity (Wildman–Crippen MR) is 122 cm³/mol. The number of esters is 1. The average Bonchev–Trinajstić information content (AvgIpc) is 3.21. The van der Waals surface area contributed by atoms with E-state index >= 15 is 0 Å². The van der Waals surface area contributed by atoms with Crippen LogP contribution in [0.4, 0.5) is 16.5 Å². The number of nitro benzene ring substituents is 1. The van der Waals surface area contributed by atoms with Gasteiger partial charge in [-0.05, 0) is 12.5 Å². The van der Waals surface area contributed by atoms with Gasteiger partial charge in [-0.1, -0.05) is 30.0 Å². The molecule has 0 unspecified atom stereocenters. The van der Waals surface area contributed by atoms with Crippen molar-refractivity contribution < 1.29 is 32.4 Å². The molecule has 0 aliphatic heterocycles. The Morgan fingerprint density at radius 2 is 2.03 bits per heavy atom.